The summed E-state index contributed by atoms with van der Waals surface area (Å²) in [7, 11) is 4.74. The highest BCUT2D eigenvalue weighted by Crippen LogP contribution is 2.49. The predicted octanol–water partition coefficient (Wildman–Crippen LogP) is 2.57. The lowest BCUT2D eigenvalue weighted by molar-refractivity contribution is -0.117. The van der Waals surface area contributed by atoms with Gasteiger partial charge < -0.3 is 29.4 Å². The smallest absolute Gasteiger partial charge is 0.203 e. The number of nitrogens with one attached hydrogen (secondary N) is 3. The number of methoxy groups -OCH3 is 3. The number of hydrogen-bond acceptors (Lipinski definition) is 9. The maximum Gasteiger partial charge on any atom is 0.203 e. The molecule has 36 heavy (non-hydrogen) atoms. The second-order valence-electron chi connectivity index (χ2n) is 9.29. The van der Waals surface area contributed by atoms with E-state index in [4.69, 9.17) is 18.9 Å². The van der Waals surface area contributed by atoms with Gasteiger partial charge in [0.25, 0.3) is 0 Å². The number of benzene rings is 2. The molecule has 0 spiro atoms. The van der Waals surface area contributed by atoms with Gasteiger partial charge in [-0.15, -0.1) is 0 Å². The monoisotopic (exact) mass is 495 g/mol. The average molecular weight is 496 g/mol. The molecule has 2 aromatic carbocycles. The number of ether oxygens (including phenoxy) is 4. The Morgan fingerprint density at radius 1 is 0.944 bits per heavy atom. The van der Waals surface area contributed by atoms with Gasteiger partial charge in [-0.1, -0.05) is 12.1 Å². The molecule has 3 aliphatic rings. The Morgan fingerprint density at radius 2 is 1.64 bits per heavy atom. The first kappa shape index (κ1) is 24.4. The first-order valence-corrected chi connectivity index (χ1v) is 12.2. The molecule has 3 unspecified atom stereocenters. The zero-order valence-corrected chi connectivity index (χ0v) is 21.0. The normalized spacial score (nSPS) is 27.1. The van der Waals surface area contributed by atoms with E-state index < -0.39 is 6.23 Å². The molecule has 0 aromatic heterocycles. The Labute approximate surface area is 210 Å². The third-order valence-corrected chi connectivity index (χ3v) is 7.38. The third kappa shape index (κ3) is 4.17. The van der Waals surface area contributed by atoms with Gasteiger partial charge in [0.2, 0.25) is 5.75 Å². The fourth-order valence-corrected chi connectivity index (χ4v) is 5.77. The summed E-state index contributed by atoms with van der Waals surface area (Å²) in [6.45, 7) is 2.53. The van der Waals surface area contributed by atoms with E-state index in [0.29, 0.717) is 36.7 Å². The van der Waals surface area contributed by atoms with Crippen LogP contribution >= 0.6 is 0 Å². The number of Topliss-reactive ketones (excluding diaryl/α,β-unsaturated/α-hetero) is 1. The van der Waals surface area contributed by atoms with Crippen molar-refractivity contribution in [3.63, 3.8) is 0 Å². The largest absolute Gasteiger partial charge is 0.494 e. The van der Waals surface area contributed by atoms with Crippen LogP contribution in [-0.4, -0.2) is 51.2 Å². The van der Waals surface area contributed by atoms with E-state index in [9.17, 15) is 9.90 Å². The molecular weight excluding hydrogens is 462 g/mol. The van der Waals surface area contributed by atoms with Crippen molar-refractivity contribution in [3.8, 4) is 23.0 Å². The maximum absolute atomic E-state index is 13.8. The molecule has 1 aliphatic carbocycles. The van der Waals surface area contributed by atoms with Crippen molar-refractivity contribution in [3.05, 3.63) is 58.8 Å². The van der Waals surface area contributed by atoms with Crippen molar-refractivity contribution < 1.29 is 28.8 Å². The highest BCUT2D eigenvalue weighted by Gasteiger charge is 2.49. The van der Waals surface area contributed by atoms with Gasteiger partial charge in [0, 0.05) is 29.5 Å². The molecule has 5 rings (SSSR count). The number of carbonyl (C=O) groups excluding carboxylic acids is 1. The number of allylic oxidation sites excluding steroid dienone is 2. The predicted molar refractivity (Wildman–Crippen MR) is 133 cm³/mol. The number of hydrazine groups is 1. The first-order chi connectivity index (χ1) is 17.5. The van der Waals surface area contributed by atoms with E-state index in [1.807, 2.05) is 43.3 Å². The number of fused-ring (bicyclic) bond motifs is 1. The van der Waals surface area contributed by atoms with Gasteiger partial charge in [-0.05, 0) is 54.7 Å². The molecule has 2 heterocycles. The standard InChI is InChI=1S/C27H33N3O6/c1-5-36-17-8-6-14(7-9-17)22-23-18(28-26-24(22)27(32)30-29-26)10-15(11-19(23)31)16-12-20(33-2)25(35-4)21(13-16)34-3/h6-9,12-13,15,22,24,26-30,32H,5,10-11H2,1-4H3/t15-,22-,24?,26?,27?/m1/s1. The fraction of sp³-hybridized carbons (Fsp3) is 0.444. The second-order valence-corrected chi connectivity index (χ2v) is 9.29. The van der Waals surface area contributed by atoms with Crippen molar-refractivity contribution in [1.82, 2.24) is 16.2 Å². The molecule has 2 aromatic rings. The fourth-order valence-electron chi connectivity index (χ4n) is 5.77. The van der Waals surface area contributed by atoms with E-state index >= 15 is 0 Å². The Hall–Kier alpha value is -3.27. The molecule has 0 saturated carbocycles. The molecule has 9 nitrogen and oxygen atoms in total. The molecular formula is C27H33N3O6. The van der Waals surface area contributed by atoms with Crippen LogP contribution in [0.4, 0.5) is 0 Å². The Balaban J connectivity index is 1.53. The van der Waals surface area contributed by atoms with E-state index in [-0.39, 0.29) is 29.7 Å². The number of hydrogen-bond donors (Lipinski definition) is 4. The summed E-state index contributed by atoms with van der Waals surface area (Å²) in [6.07, 6.45) is -0.0227. The molecule has 0 bridgehead atoms. The molecule has 1 saturated heterocycles. The minimum atomic E-state index is -0.797. The van der Waals surface area contributed by atoms with Crippen molar-refractivity contribution in [2.24, 2.45) is 5.92 Å². The minimum Gasteiger partial charge on any atom is -0.494 e. The lowest BCUT2D eigenvalue weighted by Crippen LogP contribution is -2.51. The number of rotatable bonds is 7. The van der Waals surface area contributed by atoms with Gasteiger partial charge >= 0.3 is 0 Å². The zero-order valence-electron chi connectivity index (χ0n) is 21.0. The quantitative estimate of drug-likeness (QED) is 0.461. The van der Waals surface area contributed by atoms with Crippen LogP contribution in [0, 0.1) is 5.92 Å². The van der Waals surface area contributed by atoms with Crippen LogP contribution in [0.15, 0.2) is 47.7 Å². The van der Waals surface area contributed by atoms with Crippen molar-refractivity contribution in [2.45, 2.75) is 44.0 Å². The number of carbonyl (C=O) groups is 1. The van der Waals surface area contributed by atoms with Crippen LogP contribution in [-0.2, 0) is 4.79 Å². The highest BCUT2D eigenvalue weighted by molar-refractivity contribution is 5.99. The summed E-state index contributed by atoms with van der Waals surface area (Å²) < 4.78 is 22.2. The topological polar surface area (TPSA) is 110 Å². The van der Waals surface area contributed by atoms with Crippen molar-refractivity contribution >= 4 is 5.78 Å². The Kier molecular flexibility index (Phi) is 6.79. The first-order valence-electron chi connectivity index (χ1n) is 12.2. The summed E-state index contributed by atoms with van der Waals surface area (Å²) in [4.78, 5) is 13.8. The van der Waals surface area contributed by atoms with Crippen molar-refractivity contribution in [1.29, 1.82) is 0 Å². The second kappa shape index (κ2) is 10.0. The summed E-state index contributed by atoms with van der Waals surface area (Å²) in [5, 5.41) is 14.3. The van der Waals surface area contributed by atoms with Gasteiger partial charge in [0.1, 0.15) is 12.0 Å². The summed E-state index contributed by atoms with van der Waals surface area (Å²) in [5.41, 5.74) is 9.66. The number of aliphatic hydroxyl groups excluding tert-OH is 1. The van der Waals surface area contributed by atoms with Crippen LogP contribution in [0.1, 0.15) is 42.7 Å². The highest BCUT2D eigenvalue weighted by atomic mass is 16.5. The van der Waals surface area contributed by atoms with Crippen molar-refractivity contribution in [2.75, 3.05) is 27.9 Å². The lowest BCUT2D eigenvalue weighted by Gasteiger charge is -2.42. The number of ketones is 1. The zero-order chi connectivity index (χ0) is 25.4. The van der Waals surface area contributed by atoms with Gasteiger partial charge in [-0.25, -0.2) is 10.9 Å². The van der Waals surface area contributed by atoms with Gasteiger partial charge in [0.05, 0.1) is 34.1 Å². The van der Waals surface area contributed by atoms with Crippen LogP contribution < -0.4 is 35.1 Å². The van der Waals surface area contributed by atoms with Crippen LogP contribution in [0.25, 0.3) is 0 Å². The lowest BCUT2D eigenvalue weighted by atomic mass is 9.69. The Morgan fingerprint density at radius 3 is 2.25 bits per heavy atom. The molecule has 0 amide bonds. The minimum absolute atomic E-state index is 0.0609. The van der Waals surface area contributed by atoms with Crippen LogP contribution in [0.5, 0.6) is 23.0 Å². The molecule has 9 heteroatoms. The molecule has 4 N–H and O–H groups in total. The van der Waals surface area contributed by atoms with Crippen LogP contribution in [0.2, 0.25) is 0 Å². The molecule has 1 fully saturated rings. The summed E-state index contributed by atoms with van der Waals surface area (Å²) >= 11 is 0. The van der Waals surface area contributed by atoms with E-state index in [1.165, 1.54) is 0 Å². The average Bonchev–Trinajstić information content (AvgIpc) is 3.27. The van der Waals surface area contributed by atoms with Gasteiger partial charge in [-0.2, -0.15) is 0 Å². The van der Waals surface area contributed by atoms with E-state index in [1.54, 1.807) is 21.3 Å². The third-order valence-electron chi connectivity index (χ3n) is 7.38. The van der Waals surface area contributed by atoms with Gasteiger partial charge in [0.15, 0.2) is 17.3 Å². The summed E-state index contributed by atoms with van der Waals surface area (Å²) in [5.74, 6) is 1.93. The summed E-state index contributed by atoms with van der Waals surface area (Å²) in [6, 6.07) is 11.7. The number of aliphatic hydroxyl groups is 1. The molecule has 5 atom stereocenters. The molecule has 192 valence electrons. The Bertz CT molecular complexity index is 1140. The molecule has 0 radical (unpaired) electrons. The maximum atomic E-state index is 13.8. The SMILES string of the molecule is CCOc1ccc([C@@H]2C3=C(C[C@@H](c4cc(OC)c(OC)c(OC)c4)CC3=O)NC3NNC(O)C32)cc1. The van der Waals surface area contributed by atoms with Crippen LogP contribution in [0.3, 0.4) is 0 Å². The van der Waals surface area contributed by atoms with Gasteiger partial charge in [-0.3, -0.25) is 4.79 Å². The van der Waals surface area contributed by atoms with E-state index in [2.05, 4.69) is 16.2 Å². The molecule has 2 aliphatic heterocycles. The van der Waals surface area contributed by atoms with E-state index in [0.717, 1.165) is 28.1 Å².